The highest BCUT2D eigenvalue weighted by Gasteiger charge is 2.34. The molecule has 2 aliphatic rings. The number of rotatable bonds is 7. The molecule has 0 aliphatic carbocycles. The van der Waals surface area contributed by atoms with Gasteiger partial charge in [-0.2, -0.15) is 0 Å². The second-order valence-corrected chi connectivity index (χ2v) is 8.05. The van der Waals surface area contributed by atoms with Crippen LogP contribution in [0.1, 0.15) is 12.8 Å². The molecular formula is C24H30N4O2. The molecule has 1 N–H and O–H groups in total. The number of hydrogen-bond acceptors (Lipinski definition) is 4. The monoisotopic (exact) mass is 406 g/mol. The normalized spacial score (nSPS) is 19.9. The lowest BCUT2D eigenvalue weighted by Gasteiger charge is -2.36. The molecule has 2 amide bonds. The van der Waals surface area contributed by atoms with Crippen molar-refractivity contribution in [2.75, 3.05) is 55.6 Å². The van der Waals surface area contributed by atoms with Crippen molar-refractivity contribution in [2.45, 2.75) is 12.8 Å². The summed E-state index contributed by atoms with van der Waals surface area (Å²) in [5, 5.41) is 3.04. The van der Waals surface area contributed by atoms with Gasteiger partial charge in [-0.3, -0.25) is 14.5 Å². The summed E-state index contributed by atoms with van der Waals surface area (Å²) in [5.74, 6) is -0.236. The van der Waals surface area contributed by atoms with Gasteiger partial charge in [0.25, 0.3) is 0 Å². The largest absolute Gasteiger partial charge is 0.369 e. The van der Waals surface area contributed by atoms with Gasteiger partial charge >= 0.3 is 0 Å². The number of carbonyl (C=O) groups excluding carboxylic acids is 2. The van der Waals surface area contributed by atoms with Crippen LogP contribution in [-0.4, -0.2) is 62.5 Å². The van der Waals surface area contributed by atoms with Gasteiger partial charge in [-0.1, -0.05) is 36.4 Å². The Balaban J connectivity index is 1.14. The Morgan fingerprint density at radius 2 is 1.53 bits per heavy atom. The highest BCUT2D eigenvalue weighted by molar-refractivity contribution is 6.00. The van der Waals surface area contributed by atoms with Crippen molar-refractivity contribution < 1.29 is 9.59 Å². The van der Waals surface area contributed by atoms with Crippen molar-refractivity contribution in [1.82, 2.24) is 10.2 Å². The van der Waals surface area contributed by atoms with Crippen LogP contribution in [0.25, 0.3) is 0 Å². The predicted molar refractivity (Wildman–Crippen MR) is 120 cm³/mol. The fraction of sp³-hybridized carbons (Fsp3) is 0.417. The van der Waals surface area contributed by atoms with Crippen LogP contribution in [0.15, 0.2) is 60.7 Å². The molecule has 2 aromatic rings. The fourth-order valence-corrected chi connectivity index (χ4v) is 4.27. The molecule has 4 rings (SSSR count). The Morgan fingerprint density at radius 1 is 0.900 bits per heavy atom. The second-order valence-electron chi connectivity index (χ2n) is 8.05. The van der Waals surface area contributed by atoms with Crippen LogP contribution in [0.4, 0.5) is 11.4 Å². The van der Waals surface area contributed by atoms with Crippen LogP contribution in [0.3, 0.4) is 0 Å². The van der Waals surface area contributed by atoms with Crippen LogP contribution in [-0.2, 0) is 9.59 Å². The van der Waals surface area contributed by atoms with Crippen LogP contribution in [0, 0.1) is 5.92 Å². The highest BCUT2D eigenvalue weighted by atomic mass is 16.2. The van der Waals surface area contributed by atoms with Gasteiger partial charge in [-0.05, 0) is 37.2 Å². The summed E-state index contributed by atoms with van der Waals surface area (Å²) in [4.78, 5) is 31.4. The van der Waals surface area contributed by atoms with Crippen molar-refractivity contribution in [3.8, 4) is 0 Å². The number of carbonyl (C=O) groups is 2. The summed E-state index contributed by atoms with van der Waals surface area (Å²) in [6.45, 7) is 6.29. The topological polar surface area (TPSA) is 55.9 Å². The average molecular weight is 407 g/mol. The third kappa shape index (κ3) is 5.00. The Morgan fingerprint density at radius 3 is 2.20 bits per heavy atom. The molecule has 0 saturated carbocycles. The van der Waals surface area contributed by atoms with E-state index in [0.29, 0.717) is 19.5 Å². The van der Waals surface area contributed by atoms with Gasteiger partial charge in [0.1, 0.15) is 0 Å². The molecule has 0 aromatic heterocycles. The van der Waals surface area contributed by atoms with Gasteiger partial charge in [0, 0.05) is 57.1 Å². The summed E-state index contributed by atoms with van der Waals surface area (Å²) in [6.07, 6.45) is 1.22. The quantitative estimate of drug-likeness (QED) is 0.718. The van der Waals surface area contributed by atoms with Crippen LogP contribution in [0.5, 0.6) is 0 Å². The molecule has 2 saturated heterocycles. The minimum atomic E-state index is -0.257. The number of benzene rings is 2. The molecule has 2 heterocycles. The van der Waals surface area contributed by atoms with Crippen molar-refractivity contribution in [3.63, 3.8) is 0 Å². The van der Waals surface area contributed by atoms with Crippen LogP contribution in [0.2, 0.25) is 0 Å². The maximum atomic E-state index is 12.5. The first-order valence-electron chi connectivity index (χ1n) is 10.9. The van der Waals surface area contributed by atoms with Gasteiger partial charge in [-0.25, -0.2) is 0 Å². The smallest absolute Gasteiger partial charge is 0.227 e. The Hall–Kier alpha value is -2.86. The van der Waals surface area contributed by atoms with E-state index in [1.54, 1.807) is 4.90 Å². The van der Waals surface area contributed by atoms with E-state index in [2.05, 4.69) is 45.4 Å². The number of amides is 2. The molecule has 6 nitrogen and oxygen atoms in total. The molecule has 30 heavy (non-hydrogen) atoms. The van der Waals surface area contributed by atoms with Gasteiger partial charge in [0.15, 0.2) is 0 Å². The molecule has 2 aromatic carbocycles. The minimum absolute atomic E-state index is 0.00400. The first kappa shape index (κ1) is 20.4. The maximum absolute atomic E-state index is 12.5. The van der Waals surface area contributed by atoms with Crippen LogP contribution < -0.4 is 15.1 Å². The molecule has 1 atom stereocenters. The third-order valence-electron chi connectivity index (χ3n) is 6.01. The summed E-state index contributed by atoms with van der Waals surface area (Å²) >= 11 is 0. The van der Waals surface area contributed by atoms with Crippen molar-refractivity contribution in [2.24, 2.45) is 5.92 Å². The standard InChI is InChI=1S/C24H30N4O2/c29-23-18-20(19-28(23)22-10-5-2-6-11-22)24(30)25-12-7-13-26-14-16-27(17-15-26)21-8-3-1-4-9-21/h1-6,8-11,20H,7,12-19H2,(H,25,30)/t20-/m0/s1. The maximum Gasteiger partial charge on any atom is 0.227 e. The minimum Gasteiger partial charge on any atom is -0.369 e. The lowest BCUT2D eigenvalue weighted by molar-refractivity contribution is -0.126. The second kappa shape index (κ2) is 9.76. The van der Waals surface area contributed by atoms with E-state index < -0.39 is 0 Å². The van der Waals surface area contributed by atoms with Crippen molar-refractivity contribution in [3.05, 3.63) is 60.7 Å². The van der Waals surface area contributed by atoms with E-state index in [0.717, 1.165) is 44.8 Å². The number of nitrogens with one attached hydrogen (secondary N) is 1. The number of anilines is 2. The first-order valence-corrected chi connectivity index (χ1v) is 10.9. The van der Waals surface area contributed by atoms with Crippen molar-refractivity contribution in [1.29, 1.82) is 0 Å². The Bertz CT molecular complexity index is 835. The van der Waals surface area contributed by atoms with Gasteiger partial charge < -0.3 is 15.1 Å². The van der Waals surface area contributed by atoms with E-state index in [-0.39, 0.29) is 17.7 Å². The fourth-order valence-electron chi connectivity index (χ4n) is 4.27. The first-order chi connectivity index (χ1) is 14.7. The predicted octanol–water partition coefficient (Wildman–Crippen LogP) is 2.37. The highest BCUT2D eigenvalue weighted by Crippen LogP contribution is 2.24. The van der Waals surface area contributed by atoms with E-state index >= 15 is 0 Å². The van der Waals surface area contributed by atoms with E-state index in [1.807, 2.05) is 30.3 Å². The van der Waals surface area contributed by atoms with E-state index in [4.69, 9.17) is 0 Å². The number of nitrogens with zero attached hydrogens (tertiary/aromatic N) is 3. The molecule has 0 radical (unpaired) electrons. The summed E-state index contributed by atoms with van der Waals surface area (Å²) < 4.78 is 0. The zero-order valence-corrected chi connectivity index (χ0v) is 17.4. The zero-order valence-electron chi connectivity index (χ0n) is 17.4. The molecule has 6 heteroatoms. The van der Waals surface area contributed by atoms with Gasteiger partial charge in [0.05, 0.1) is 5.92 Å². The van der Waals surface area contributed by atoms with E-state index in [9.17, 15) is 9.59 Å². The number of piperazine rings is 1. The molecule has 158 valence electrons. The SMILES string of the molecule is O=C(NCCCN1CCN(c2ccccc2)CC1)[C@H]1CC(=O)N(c2ccccc2)C1. The van der Waals surface area contributed by atoms with Gasteiger partial charge in [0.2, 0.25) is 11.8 Å². The lowest BCUT2D eigenvalue weighted by Crippen LogP contribution is -2.47. The molecule has 2 aliphatic heterocycles. The summed E-state index contributed by atoms with van der Waals surface area (Å²) in [7, 11) is 0. The number of para-hydroxylation sites is 2. The lowest BCUT2D eigenvalue weighted by atomic mass is 10.1. The molecule has 0 bridgehead atoms. The summed E-state index contributed by atoms with van der Waals surface area (Å²) in [5.41, 5.74) is 2.16. The molecule has 2 fully saturated rings. The van der Waals surface area contributed by atoms with E-state index in [1.165, 1.54) is 5.69 Å². The molecule has 0 unspecified atom stereocenters. The van der Waals surface area contributed by atoms with Crippen LogP contribution >= 0.6 is 0 Å². The average Bonchev–Trinajstić information content (AvgIpc) is 3.20. The van der Waals surface area contributed by atoms with Gasteiger partial charge in [-0.15, -0.1) is 0 Å². The number of hydrogen-bond donors (Lipinski definition) is 1. The Labute approximate surface area is 178 Å². The third-order valence-corrected chi connectivity index (χ3v) is 6.01. The van der Waals surface area contributed by atoms with Crippen molar-refractivity contribution >= 4 is 23.2 Å². The molecule has 0 spiro atoms. The zero-order chi connectivity index (χ0) is 20.8. The summed E-state index contributed by atoms with van der Waals surface area (Å²) in [6, 6.07) is 20.1. The molecular weight excluding hydrogens is 376 g/mol. The Kier molecular flexibility index (Phi) is 6.64.